The number of benzene rings is 1. The zero-order chi connectivity index (χ0) is 13.7. The molecule has 0 radical (unpaired) electrons. The predicted molar refractivity (Wildman–Crippen MR) is 80.1 cm³/mol. The fourth-order valence-electron chi connectivity index (χ4n) is 1.72. The van der Waals surface area contributed by atoms with Gasteiger partial charge in [-0.25, -0.2) is 0 Å². The smallest absolute Gasteiger partial charge is 0.242 e. The Kier molecular flexibility index (Phi) is 5.36. The largest absolute Gasteiger partial charge is 0.491 e. The summed E-state index contributed by atoms with van der Waals surface area (Å²) in [4.78, 5) is 12.1. The average Bonchev–Trinajstić information content (AvgIpc) is 2.92. The number of anilines is 1. The number of thioether (sulfide) groups is 1. The minimum absolute atomic E-state index is 0.0476. The van der Waals surface area contributed by atoms with Crippen LogP contribution in [0, 0.1) is 0 Å². The van der Waals surface area contributed by atoms with Gasteiger partial charge in [0.25, 0.3) is 0 Å². The van der Waals surface area contributed by atoms with Crippen molar-refractivity contribution in [3.05, 3.63) is 23.2 Å². The fraction of sp³-hybridized carbons (Fsp3) is 0.462. The summed E-state index contributed by atoms with van der Waals surface area (Å²) in [7, 11) is 0. The van der Waals surface area contributed by atoms with Crippen molar-refractivity contribution in [3.63, 3.8) is 0 Å². The van der Waals surface area contributed by atoms with Gasteiger partial charge in [0.1, 0.15) is 5.75 Å². The molecule has 0 saturated carbocycles. The summed E-state index contributed by atoms with van der Waals surface area (Å²) in [5.41, 5.74) is 0.629. The summed E-state index contributed by atoms with van der Waals surface area (Å²) in [6, 6.07) is 5.10. The van der Waals surface area contributed by atoms with Crippen LogP contribution < -0.4 is 15.4 Å². The van der Waals surface area contributed by atoms with Gasteiger partial charge in [-0.05, 0) is 24.6 Å². The lowest BCUT2D eigenvalue weighted by Gasteiger charge is -2.15. The van der Waals surface area contributed by atoms with Crippen LogP contribution in [0.4, 0.5) is 5.69 Å². The third-order valence-electron chi connectivity index (χ3n) is 2.69. The highest BCUT2D eigenvalue weighted by molar-refractivity contribution is 7.99. The lowest BCUT2D eigenvalue weighted by Crippen LogP contribution is -2.37. The molecule has 1 aromatic carbocycles. The Labute approximate surface area is 122 Å². The van der Waals surface area contributed by atoms with Crippen LogP contribution in [0.3, 0.4) is 0 Å². The van der Waals surface area contributed by atoms with Crippen molar-refractivity contribution >= 4 is 35.0 Å². The molecule has 0 aromatic heterocycles. The molecular weight excluding hydrogens is 284 g/mol. The topological polar surface area (TPSA) is 50.4 Å². The molecule has 1 aliphatic heterocycles. The Balaban J connectivity index is 2.08. The molecular formula is C13H17ClN2O2S. The van der Waals surface area contributed by atoms with Crippen molar-refractivity contribution in [2.45, 2.75) is 19.4 Å². The Hall–Kier alpha value is -0.910. The first-order chi connectivity index (χ1) is 9.20. The molecule has 2 rings (SSSR count). The Morgan fingerprint density at radius 1 is 1.63 bits per heavy atom. The van der Waals surface area contributed by atoms with Gasteiger partial charge in [-0.3, -0.25) is 10.1 Å². The molecule has 2 N–H and O–H groups in total. The van der Waals surface area contributed by atoms with Gasteiger partial charge in [-0.2, -0.15) is 0 Å². The standard InChI is InChI=1S/C13H17ClN2O2S/c1-2-5-18-12-4-3-9(14)6-10(12)16-13(17)11-7-19-8-15-11/h3-4,6,11,15H,2,5,7-8H2,1H3,(H,16,17). The highest BCUT2D eigenvalue weighted by Crippen LogP contribution is 2.28. The molecule has 0 aliphatic carbocycles. The third kappa shape index (κ3) is 4.03. The van der Waals surface area contributed by atoms with Crippen LogP contribution in [0.1, 0.15) is 13.3 Å². The maximum atomic E-state index is 12.1. The zero-order valence-corrected chi connectivity index (χ0v) is 12.3. The van der Waals surface area contributed by atoms with E-state index in [1.165, 1.54) is 0 Å². The highest BCUT2D eigenvalue weighted by Gasteiger charge is 2.23. The highest BCUT2D eigenvalue weighted by atomic mass is 35.5. The summed E-state index contributed by atoms with van der Waals surface area (Å²) in [6.45, 7) is 2.65. The van der Waals surface area contributed by atoms with E-state index in [0.717, 1.165) is 18.1 Å². The van der Waals surface area contributed by atoms with E-state index < -0.39 is 0 Å². The summed E-state index contributed by atoms with van der Waals surface area (Å²) >= 11 is 7.68. The Bertz CT molecular complexity index is 450. The number of amides is 1. The lowest BCUT2D eigenvalue weighted by atomic mass is 10.2. The van der Waals surface area contributed by atoms with Crippen LogP contribution in [0.5, 0.6) is 5.75 Å². The molecule has 1 atom stereocenters. The molecule has 1 aliphatic rings. The molecule has 19 heavy (non-hydrogen) atoms. The fourth-order valence-corrected chi connectivity index (χ4v) is 2.84. The van der Waals surface area contributed by atoms with E-state index in [1.54, 1.807) is 30.0 Å². The van der Waals surface area contributed by atoms with Crippen molar-refractivity contribution in [2.75, 3.05) is 23.6 Å². The molecule has 1 amide bonds. The van der Waals surface area contributed by atoms with Crippen LogP contribution in [0.2, 0.25) is 5.02 Å². The minimum Gasteiger partial charge on any atom is -0.491 e. The van der Waals surface area contributed by atoms with Crippen molar-refractivity contribution in [2.24, 2.45) is 0 Å². The van der Waals surface area contributed by atoms with E-state index in [9.17, 15) is 4.79 Å². The molecule has 1 unspecified atom stereocenters. The Morgan fingerprint density at radius 2 is 2.47 bits per heavy atom. The minimum atomic E-state index is -0.150. The number of rotatable bonds is 5. The van der Waals surface area contributed by atoms with Gasteiger partial charge >= 0.3 is 0 Å². The van der Waals surface area contributed by atoms with E-state index in [1.807, 2.05) is 6.92 Å². The number of hydrogen-bond donors (Lipinski definition) is 2. The van der Waals surface area contributed by atoms with Crippen molar-refractivity contribution in [3.8, 4) is 5.75 Å². The molecule has 0 spiro atoms. The van der Waals surface area contributed by atoms with Crippen LogP contribution in [-0.4, -0.2) is 30.2 Å². The van der Waals surface area contributed by atoms with E-state index in [0.29, 0.717) is 23.1 Å². The van der Waals surface area contributed by atoms with Crippen molar-refractivity contribution in [1.82, 2.24) is 5.32 Å². The summed E-state index contributed by atoms with van der Waals surface area (Å²) < 4.78 is 5.61. The first kappa shape index (κ1) is 14.5. The quantitative estimate of drug-likeness (QED) is 0.878. The first-order valence-corrected chi connectivity index (χ1v) is 7.78. The monoisotopic (exact) mass is 300 g/mol. The number of carbonyl (C=O) groups excluding carboxylic acids is 1. The van der Waals surface area contributed by atoms with Crippen LogP contribution in [-0.2, 0) is 4.79 Å². The first-order valence-electron chi connectivity index (χ1n) is 6.25. The SMILES string of the molecule is CCCOc1ccc(Cl)cc1NC(=O)C1CSCN1. The third-order valence-corrected chi connectivity index (χ3v) is 3.87. The van der Waals surface area contributed by atoms with Gasteiger partial charge < -0.3 is 10.1 Å². The number of ether oxygens (including phenoxy) is 1. The maximum absolute atomic E-state index is 12.1. The second-order valence-electron chi connectivity index (χ2n) is 4.25. The van der Waals surface area contributed by atoms with Crippen molar-refractivity contribution < 1.29 is 9.53 Å². The molecule has 1 fully saturated rings. The van der Waals surface area contributed by atoms with Gasteiger partial charge in [0.05, 0.1) is 18.3 Å². The molecule has 6 heteroatoms. The predicted octanol–water partition coefficient (Wildman–Crippen LogP) is 2.73. The second kappa shape index (κ2) is 7.03. The number of nitrogens with one attached hydrogen (secondary N) is 2. The van der Waals surface area contributed by atoms with E-state index in [-0.39, 0.29) is 11.9 Å². The molecule has 4 nitrogen and oxygen atoms in total. The van der Waals surface area contributed by atoms with Gasteiger partial charge in [0.15, 0.2) is 0 Å². The normalized spacial score (nSPS) is 18.3. The number of halogens is 1. The van der Waals surface area contributed by atoms with Crippen LogP contribution in [0.15, 0.2) is 18.2 Å². The van der Waals surface area contributed by atoms with Gasteiger partial charge in [-0.1, -0.05) is 18.5 Å². The summed E-state index contributed by atoms with van der Waals surface area (Å²) in [6.07, 6.45) is 0.914. The Morgan fingerprint density at radius 3 is 3.16 bits per heavy atom. The number of carbonyl (C=O) groups is 1. The summed E-state index contributed by atoms with van der Waals surface area (Å²) in [5, 5.41) is 6.59. The molecule has 0 bridgehead atoms. The van der Waals surface area contributed by atoms with E-state index in [2.05, 4.69) is 10.6 Å². The number of hydrogen-bond acceptors (Lipinski definition) is 4. The van der Waals surface area contributed by atoms with Crippen molar-refractivity contribution in [1.29, 1.82) is 0 Å². The van der Waals surface area contributed by atoms with E-state index >= 15 is 0 Å². The van der Waals surface area contributed by atoms with Gasteiger partial charge in [0.2, 0.25) is 5.91 Å². The van der Waals surface area contributed by atoms with Gasteiger partial charge in [0, 0.05) is 16.7 Å². The van der Waals surface area contributed by atoms with Gasteiger partial charge in [-0.15, -0.1) is 11.8 Å². The van der Waals surface area contributed by atoms with Crippen LogP contribution in [0.25, 0.3) is 0 Å². The lowest BCUT2D eigenvalue weighted by molar-refractivity contribution is -0.117. The van der Waals surface area contributed by atoms with Crippen LogP contribution >= 0.6 is 23.4 Å². The second-order valence-corrected chi connectivity index (χ2v) is 5.72. The molecule has 104 valence electrons. The molecule has 1 saturated heterocycles. The summed E-state index contributed by atoms with van der Waals surface area (Å²) in [5.74, 6) is 2.21. The maximum Gasteiger partial charge on any atom is 0.242 e. The molecule has 1 heterocycles. The average molecular weight is 301 g/mol. The molecule has 1 aromatic rings. The van der Waals surface area contributed by atoms with E-state index in [4.69, 9.17) is 16.3 Å². The zero-order valence-electron chi connectivity index (χ0n) is 10.7.